The minimum Gasteiger partial charge on any atom is -0.364 e. The molecule has 2 N–H and O–H groups in total. The molecule has 1 atom stereocenters. The summed E-state index contributed by atoms with van der Waals surface area (Å²) in [6.45, 7) is 5.18. The summed E-state index contributed by atoms with van der Waals surface area (Å²) in [6, 6.07) is 19.2. The summed E-state index contributed by atoms with van der Waals surface area (Å²) in [6.07, 6.45) is 4.60. The molecule has 164 valence electrons. The van der Waals surface area contributed by atoms with Gasteiger partial charge in [-0.05, 0) is 80.7 Å². The number of hydrogen-bond donors (Lipinski definition) is 1. The third-order valence-corrected chi connectivity index (χ3v) is 6.53. The summed E-state index contributed by atoms with van der Waals surface area (Å²) in [5.74, 6) is 0.270. The third kappa shape index (κ3) is 4.06. The molecule has 6 heteroatoms. The monoisotopic (exact) mass is 427 g/mol. The van der Waals surface area contributed by atoms with Gasteiger partial charge in [-0.1, -0.05) is 24.3 Å². The smallest absolute Gasteiger partial charge is 0.269 e. The Balaban J connectivity index is 1.33. The molecule has 0 saturated carbocycles. The van der Waals surface area contributed by atoms with Crippen molar-refractivity contribution in [2.45, 2.75) is 26.3 Å². The van der Waals surface area contributed by atoms with Gasteiger partial charge >= 0.3 is 0 Å². The number of fused-ring (bicyclic) bond motifs is 1. The second-order valence-corrected chi connectivity index (χ2v) is 9.07. The number of aromatic nitrogens is 3. The topological polar surface area (TPSA) is 69.1 Å². The van der Waals surface area contributed by atoms with E-state index in [1.807, 2.05) is 13.0 Å². The van der Waals surface area contributed by atoms with Crippen LogP contribution in [0, 0.1) is 12.8 Å². The van der Waals surface area contributed by atoms with Crippen LogP contribution < -0.4 is 5.73 Å². The summed E-state index contributed by atoms with van der Waals surface area (Å²) in [5.41, 5.74) is 11.4. The van der Waals surface area contributed by atoms with Crippen molar-refractivity contribution in [1.82, 2.24) is 19.2 Å². The molecule has 6 nitrogen and oxygen atoms in total. The SMILES string of the molecule is Cc1cc(C(N)=O)nn1-c1ccc2c(ccn2Cc2ccc(CC3CCN(C)C3)cc2)c1. The molecule has 1 unspecified atom stereocenters. The van der Waals surface area contributed by atoms with Crippen molar-refractivity contribution in [3.63, 3.8) is 0 Å². The number of amides is 1. The van der Waals surface area contributed by atoms with Gasteiger partial charge in [0.25, 0.3) is 5.91 Å². The fourth-order valence-corrected chi connectivity index (χ4v) is 4.82. The molecule has 4 aromatic rings. The van der Waals surface area contributed by atoms with Gasteiger partial charge < -0.3 is 15.2 Å². The highest BCUT2D eigenvalue weighted by molar-refractivity contribution is 5.91. The van der Waals surface area contributed by atoms with E-state index in [0.29, 0.717) is 0 Å². The Labute approximate surface area is 188 Å². The number of carbonyl (C=O) groups is 1. The number of nitrogens with zero attached hydrogens (tertiary/aromatic N) is 4. The Morgan fingerprint density at radius 3 is 2.56 bits per heavy atom. The van der Waals surface area contributed by atoms with Gasteiger partial charge in [0, 0.05) is 35.9 Å². The average Bonchev–Trinajstić information content (AvgIpc) is 3.48. The van der Waals surface area contributed by atoms with Crippen LogP contribution in [-0.2, 0) is 13.0 Å². The first-order valence-electron chi connectivity index (χ1n) is 11.2. The van der Waals surface area contributed by atoms with Crippen LogP contribution in [-0.4, -0.2) is 45.3 Å². The molecule has 0 radical (unpaired) electrons. The molecule has 5 rings (SSSR count). The van der Waals surface area contributed by atoms with Crippen LogP contribution in [0.4, 0.5) is 0 Å². The van der Waals surface area contributed by atoms with E-state index < -0.39 is 5.91 Å². The fourth-order valence-electron chi connectivity index (χ4n) is 4.82. The predicted molar refractivity (Wildman–Crippen MR) is 127 cm³/mol. The first kappa shape index (κ1) is 20.5. The van der Waals surface area contributed by atoms with Gasteiger partial charge in [0.15, 0.2) is 5.69 Å². The van der Waals surface area contributed by atoms with Crippen LogP contribution in [0.25, 0.3) is 16.6 Å². The molecule has 2 aromatic carbocycles. The Morgan fingerprint density at radius 2 is 1.88 bits per heavy atom. The highest BCUT2D eigenvalue weighted by atomic mass is 16.1. The summed E-state index contributed by atoms with van der Waals surface area (Å²) in [4.78, 5) is 13.9. The summed E-state index contributed by atoms with van der Waals surface area (Å²) in [7, 11) is 2.21. The number of hydrogen-bond acceptors (Lipinski definition) is 3. The van der Waals surface area contributed by atoms with Gasteiger partial charge in [0.1, 0.15) is 0 Å². The second kappa shape index (κ2) is 8.28. The fraction of sp³-hybridized carbons (Fsp3) is 0.308. The molecule has 0 bridgehead atoms. The quantitative estimate of drug-likeness (QED) is 0.509. The number of aryl methyl sites for hydroxylation is 1. The number of nitrogens with two attached hydrogens (primary N) is 1. The Hall–Kier alpha value is -3.38. The first-order valence-corrected chi connectivity index (χ1v) is 11.2. The lowest BCUT2D eigenvalue weighted by molar-refractivity contribution is 0.0995. The Bertz CT molecular complexity index is 1270. The van der Waals surface area contributed by atoms with E-state index in [2.05, 4.69) is 70.3 Å². The largest absolute Gasteiger partial charge is 0.364 e. The van der Waals surface area contributed by atoms with E-state index in [4.69, 9.17) is 5.73 Å². The first-order chi connectivity index (χ1) is 15.5. The molecule has 0 aliphatic carbocycles. The minimum atomic E-state index is -0.513. The highest BCUT2D eigenvalue weighted by Gasteiger charge is 2.19. The van der Waals surface area contributed by atoms with Crippen molar-refractivity contribution >= 4 is 16.8 Å². The van der Waals surface area contributed by atoms with Gasteiger partial charge in [-0.3, -0.25) is 4.79 Å². The summed E-state index contributed by atoms with van der Waals surface area (Å²) >= 11 is 0. The maximum absolute atomic E-state index is 11.4. The van der Waals surface area contributed by atoms with E-state index in [9.17, 15) is 4.79 Å². The zero-order valence-corrected chi connectivity index (χ0v) is 18.7. The molecule has 3 heterocycles. The summed E-state index contributed by atoms with van der Waals surface area (Å²) < 4.78 is 4.03. The molecule has 0 spiro atoms. The number of primary amides is 1. The molecule has 1 saturated heterocycles. The number of benzene rings is 2. The van der Waals surface area contributed by atoms with Crippen molar-refractivity contribution in [3.05, 3.63) is 83.3 Å². The molecule has 2 aromatic heterocycles. The van der Waals surface area contributed by atoms with Crippen LogP contribution in [0.5, 0.6) is 0 Å². The zero-order chi connectivity index (χ0) is 22.2. The standard InChI is InChI=1S/C26H29N5O/c1-18-13-24(26(27)32)28-31(18)23-7-8-25-22(15-23)10-12-30(25)17-20-5-3-19(4-6-20)14-21-9-11-29(2)16-21/h3-8,10,12-13,15,21H,9,11,14,16-17H2,1-2H3,(H2,27,32). The maximum Gasteiger partial charge on any atom is 0.269 e. The van der Waals surface area contributed by atoms with Crippen molar-refractivity contribution in [3.8, 4) is 5.69 Å². The number of likely N-dealkylation sites (tertiary alicyclic amines) is 1. The highest BCUT2D eigenvalue weighted by Crippen LogP contribution is 2.23. The lowest BCUT2D eigenvalue weighted by Gasteiger charge is -2.11. The molecular weight excluding hydrogens is 398 g/mol. The lowest BCUT2D eigenvalue weighted by atomic mass is 9.98. The van der Waals surface area contributed by atoms with Crippen LogP contribution in [0.2, 0.25) is 0 Å². The van der Waals surface area contributed by atoms with Crippen LogP contribution in [0.1, 0.15) is 33.7 Å². The van der Waals surface area contributed by atoms with Crippen molar-refractivity contribution in [1.29, 1.82) is 0 Å². The van der Waals surface area contributed by atoms with Crippen LogP contribution in [0.15, 0.2) is 60.8 Å². The summed E-state index contributed by atoms with van der Waals surface area (Å²) in [5, 5.41) is 5.48. The van der Waals surface area contributed by atoms with Gasteiger partial charge in [-0.15, -0.1) is 0 Å². The average molecular weight is 428 g/mol. The van der Waals surface area contributed by atoms with Crippen molar-refractivity contribution < 1.29 is 4.79 Å². The van der Waals surface area contributed by atoms with E-state index in [0.717, 1.165) is 29.2 Å². The zero-order valence-electron chi connectivity index (χ0n) is 18.7. The van der Waals surface area contributed by atoms with Crippen molar-refractivity contribution in [2.24, 2.45) is 11.7 Å². The van der Waals surface area contributed by atoms with Crippen LogP contribution >= 0.6 is 0 Å². The molecule has 1 amide bonds. The van der Waals surface area contributed by atoms with E-state index >= 15 is 0 Å². The molecule has 32 heavy (non-hydrogen) atoms. The van der Waals surface area contributed by atoms with Gasteiger partial charge in [-0.25, -0.2) is 4.68 Å². The molecule has 1 aliphatic rings. The Morgan fingerprint density at radius 1 is 1.09 bits per heavy atom. The molecular formula is C26H29N5O. The van der Waals surface area contributed by atoms with E-state index in [-0.39, 0.29) is 5.69 Å². The Kier molecular flexibility index (Phi) is 5.31. The van der Waals surface area contributed by atoms with Gasteiger partial charge in [0.05, 0.1) is 5.69 Å². The predicted octanol–water partition coefficient (Wildman–Crippen LogP) is 3.78. The number of rotatable bonds is 6. The van der Waals surface area contributed by atoms with Crippen LogP contribution in [0.3, 0.4) is 0 Å². The third-order valence-electron chi connectivity index (χ3n) is 6.53. The molecule has 1 fully saturated rings. The maximum atomic E-state index is 11.4. The second-order valence-electron chi connectivity index (χ2n) is 9.07. The lowest BCUT2D eigenvalue weighted by Crippen LogP contribution is -2.14. The van der Waals surface area contributed by atoms with Gasteiger partial charge in [0.2, 0.25) is 0 Å². The molecule has 1 aliphatic heterocycles. The van der Waals surface area contributed by atoms with E-state index in [1.165, 1.54) is 42.6 Å². The number of carbonyl (C=O) groups excluding carboxylic acids is 1. The minimum absolute atomic E-state index is 0.281. The van der Waals surface area contributed by atoms with E-state index in [1.54, 1.807) is 10.7 Å². The van der Waals surface area contributed by atoms with Crippen molar-refractivity contribution in [2.75, 3.05) is 20.1 Å². The normalized spacial score (nSPS) is 16.8. The van der Waals surface area contributed by atoms with Gasteiger partial charge in [-0.2, -0.15) is 5.10 Å².